The number of rotatable bonds is 7. The van der Waals surface area contributed by atoms with Gasteiger partial charge in [-0.2, -0.15) is 0 Å². The fourth-order valence-electron chi connectivity index (χ4n) is 2.42. The second kappa shape index (κ2) is 9.79. The number of methoxy groups -OCH3 is 2. The summed E-state index contributed by atoms with van der Waals surface area (Å²) in [6, 6.07) is 13.6. The summed E-state index contributed by atoms with van der Waals surface area (Å²) < 4.78 is 10.5. The van der Waals surface area contributed by atoms with Crippen molar-refractivity contribution in [3.05, 3.63) is 58.6 Å². The predicted molar refractivity (Wildman–Crippen MR) is 103 cm³/mol. The molecule has 0 spiro atoms. The number of ether oxygens (including phenoxy) is 2. The van der Waals surface area contributed by atoms with E-state index in [1.807, 2.05) is 42.5 Å². The van der Waals surface area contributed by atoms with Gasteiger partial charge in [0.15, 0.2) is 5.96 Å². The highest BCUT2D eigenvalue weighted by atomic mass is 35.5. The number of guanidine groups is 1. The molecule has 0 heterocycles. The number of halogens is 1. The average molecular weight is 362 g/mol. The topological polar surface area (TPSA) is 54.9 Å². The van der Waals surface area contributed by atoms with Gasteiger partial charge in [-0.25, -0.2) is 0 Å². The van der Waals surface area contributed by atoms with Crippen molar-refractivity contribution in [3.63, 3.8) is 0 Å². The minimum Gasteiger partial charge on any atom is -0.497 e. The molecule has 0 aliphatic rings. The van der Waals surface area contributed by atoms with E-state index >= 15 is 0 Å². The number of hydrogen-bond donors (Lipinski definition) is 2. The zero-order valence-corrected chi connectivity index (χ0v) is 15.6. The van der Waals surface area contributed by atoms with Crippen LogP contribution in [0, 0.1) is 0 Å². The summed E-state index contributed by atoms with van der Waals surface area (Å²) in [6.07, 6.45) is 0.790. The Morgan fingerprint density at radius 2 is 1.84 bits per heavy atom. The van der Waals surface area contributed by atoms with Crippen LogP contribution in [0.4, 0.5) is 0 Å². The SMILES string of the molecule is CN=C(NCCc1ccc(OC)cc1Cl)NCc1ccccc1OC. The Kier molecular flexibility index (Phi) is 7.41. The highest BCUT2D eigenvalue weighted by Gasteiger charge is 2.05. The molecule has 25 heavy (non-hydrogen) atoms. The van der Waals surface area contributed by atoms with Crippen molar-refractivity contribution in [2.45, 2.75) is 13.0 Å². The van der Waals surface area contributed by atoms with Gasteiger partial charge in [-0.05, 0) is 30.2 Å². The zero-order valence-electron chi connectivity index (χ0n) is 14.8. The summed E-state index contributed by atoms with van der Waals surface area (Å²) in [5.74, 6) is 2.35. The van der Waals surface area contributed by atoms with E-state index in [2.05, 4.69) is 15.6 Å². The maximum Gasteiger partial charge on any atom is 0.191 e. The van der Waals surface area contributed by atoms with Crippen LogP contribution >= 0.6 is 11.6 Å². The van der Waals surface area contributed by atoms with Crippen LogP contribution in [0.3, 0.4) is 0 Å². The largest absolute Gasteiger partial charge is 0.497 e. The molecule has 0 amide bonds. The molecule has 2 N–H and O–H groups in total. The summed E-state index contributed by atoms with van der Waals surface area (Å²) in [5, 5.41) is 7.28. The average Bonchev–Trinajstić information content (AvgIpc) is 2.65. The normalized spacial score (nSPS) is 11.1. The van der Waals surface area contributed by atoms with Gasteiger partial charge in [-0.3, -0.25) is 4.99 Å². The van der Waals surface area contributed by atoms with Crippen LogP contribution in [0.1, 0.15) is 11.1 Å². The first-order valence-electron chi connectivity index (χ1n) is 8.06. The van der Waals surface area contributed by atoms with Crippen LogP contribution in [0.2, 0.25) is 5.02 Å². The summed E-state index contributed by atoms with van der Waals surface area (Å²) in [4.78, 5) is 4.24. The summed E-state index contributed by atoms with van der Waals surface area (Å²) in [7, 11) is 5.05. The van der Waals surface area contributed by atoms with Gasteiger partial charge in [-0.15, -0.1) is 0 Å². The maximum atomic E-state index is 6.26. The molecule has 0 saturated carbocycles. The van der Waals surface area contributed by atoms with Crippen LogP contribution in [0.5, 0.6) is 11.5 Å². The van der Waals surface area contributed by atoms with Crippen molar-refractivity contribution in [1.29, 1.82) is 0 Å². The van der Waals surface area contributed by atoms with Crippen LogP contribution in [-0.4, -0.2) is 33.8 Å². The van der Waals surface area contributed by atoms with Crippen molar-refractivity contribution in [1.82, 2.24) is 10.6 Å². The molecule has 0 bridgehead atoms. The molecule has 6 heteroatoms. The van der Waals surface area contributed by atoms with E-state index in [9.17, 15) is 0 Å². The lowest BCUT2D eigenvalue weighted by molar-refractivity contribution is 0.409. The Hall–Kier alpha value is -2.40. The minimum atomic E-state index is 0.632. The Morgan fingerprint density at radius 1 is 1.04 bits per heavy atom. The fraction of sp³-hybridized carbons (Fsp3) is 0.316. The Labute approximate surface area is 154 Å². The molecule has 0 fully saturated rings. The van der Waals surface area contributed by atoms with Crippen molar-refractivity contribution >= 4 is 17.6 Å². The molecule has 0 saturated heterocycles. The number of aliphatic imine (C=N–C) groups is 1. The molecule has 0 unspecified atom stereocenters. The van der Waals surface area contributed by atoms with E-state index in [0.29, 0.717) is 11.6 Å². The number of nitrogens with one attached hydrogen (secondary N) is 2. The molecular formula is C19H24ClN3O2. The maximum absolute atomic E-state index is 6.26. The van der Waals surface area contributed by atoms with Crippen LogP contribution in [0.25, 0.3) is 0 Å². The van der Waals surface area contributed by atoms with E-state index in [1.54, 1.807) is 21.3 Å². The van der Waals surface area contributed by atoms with E-state index in [4.69, 9.17) is 21.1 Å². The van der Waals surface area contributed by atoms with E-state index in [-0.39, 0.29) is 0 Å². The predicted octanol–water partition coefficient (Wildman–Crippen LogP) is 3.26. The molecule has 2 aromatic carbocycles. The first-order chi connectivity index (χ1) is 12.2. The van der Waals surface area contributed by atoms with Crippen molar-refractivity contribution in [3.8, 4) is 11.5 Å². The van der Waals surface area contributed by atoms with Gasteiger partial charge < -0.3 is 20.1 Å². The first kappa shape index (κ1) is 18.9. The zero-order chi connectivity index (χ0) is 18.1. The molecule has 5 nitrogen and oxygen atoms in total. The van der Waals surface area contributed by atoms with Crippen molar-refractivity contribution < 1.29 is 9.47 Å². The second-order valence-electron chi connectivity index (χ2n) is 5.37. The third-order valence-electron chi connectivity index (χ3n) is 3.81. The second-order valence-corrected chi connectivity index (χ2v) is 5.78. The fourth-order valence-corrected chi connectivity index (χ4v) is 2.69. The molecule has 134 valence electrons. The number of benzene rings is 2. The Bertz CT molecular complexity index is 720. The van der Waals surface area contributed by atoms with E-state index in [0.717, 1.165) is 41.6 Å². The summed E-state index contributed by atoms with van der Waals surface area (Å²) in [6.45, 7) is 1.35. The van der Waals surface area contributed by atoms with Crippen LogP contribution < -0.4 is 20.1 Å². The first-order valence-corrected chi connectivity index (χ1v) is 8.44. The highest BCUT2D eigenvalue weighted by molar-refractivity contribution is 6.31. The highest BCUT2D eigenvalue weighted by Crippen LogP contribution is 2.22. The van der Waals surface area contributed by atoms with E-state index < -0.39 is 0 Å². The molecule has 0 aromatic heterocycles. The molecule has 0 radical (unpaired) electrons. The Balaban J connectivity index is 1.84. The summed E-state index contributed by atoms with van der Waals surface area (Å²) in [5.41, 5.74) is 2.14. The molecule has 0 aliphatic heterocycles. The monoisotopic (exact) mass is 361 g/mol. The lowest BCUT2D eigenvalue weighted by atomic mass is 10.1. The van der Waals surface area contributed by atoms with Crippen molar-refractivity contribution in [2.75, 3.05) is 27.8 Å². The Morgan fingerprint density at radius 3 is 2.52 bits per heavy atom. The number of hydrogen-bond acceptors (Lipinski definition) is 3. The molecular weight excluding hydrogens is 338 g/mol. The van der Waals surface area contributed by atoms with Gasteiger partial charge >= 0.3 is 0 Å². The van der Waals surface area contributed by atoms with Gasteiger partial charge in [0.05, 0.1) is 14.2 Å². The molecule has 0 aliphatic carbocycles. The van der Waals surface area contributed by atoms with Gasteiger partial charge in [0.1, 0.15) is 11.5 Å². The molecule has 0 atom stereocenters. The standard InChI is InChI=1S/C19H24ClN3O2/c1-21-19(23-13-15-6-4-5-7-18(15)25-3)22-11-10-14-8-9-16(24-2)12-17(14)20/h4-9,12H,10-11,13H2,1-3H3,(H2,21,22,23). The van der Waals surface area contributed by atoms with Crippen molar-refractivity contribution in [2.24, 2.45) is 4.99 Å². The third kappa shape index (κ3) is 5.57. The van der Waals surface area contributed by atoms with Crippen LogP contribution in [-0.2, 0) is 13.0 Å². The third-order valence-corrected chi connectivity index (χ3v) is 4.16. The van der Waals surface area contributed by atoms with Gasteiger partial charge in [0.25, 0.3) is 0 Å². The van der Waals surface area contributed by atoms with E-state index in [1.165, 1.54) is 0 Å². The van der Waals surface area contributed by atoms with Gasteiger partial charge in [0, 0.05) is 30.7 Å². The van der Waals surface area contributed by atoms with Gasteiger partial charge in [-0.1, -0.05) is 35.9 Å². The lowest BCUT2D eigenvalue weighted by Gasteiger charge is -2.14. The number of para-hydroxylation sites is 1. The lowest BCUT2D eigenvalue weighted by Crippen LogP contribution is -2.37. The quantitative estimate of drug-likeness (QED) is 0.587. The number of nitrogens with zero attached hydrogens (tertiary/aromatic N) is 1. The molecule has 2 aromatic rings. The minimum absolute atomic E-state index is 0.632. The van der Waals surface area contributed by atoms with Gasteiger partial charge in [0.2, 0.25) is 0 Å². The smallest absolute Gasteiger partial charge is 0.191 e. The molecule has 2 rings (SSSR count). The van der Waals surface area contributed by atoms with Crippen LogP contribution in [0.15, 0.2) is 47.5 Å². The summed E-state index contributed by atoms with van der Waals surface area (Å²) >= 11 is 6.26.